The van der Waals surface area contributed by atoms with Gasteiger partial charge in [-0.1, -0.05) is 45.7 Å². The van der Waals surface area contributed by atoms with E-state index in [0.29, 0.717) is 10.8 Å². The van der Waals surface area contributed by atoms with Gasteiger partial charge in [-0.15, -0.1) is 0 Å². The van der Waals surface area contributed by atoms with Gasteiger partial charge in [-0.25, -0.2) is 9.50 Å². The summed E-state index contributed by atoms with van der Waals surface area (Å²) in [4.78, 5) is 4.57. The van der Waals surface area contributed by atoms with E-state index in [0.717, 1.165) is 20.2 Å². The first-order valence-corrected chi connectivity index (χ1v) is 7.08. The van der Waals surface area contributed by atoms with Crippen LogP contribution in [0.1, 0.15) is 0 Å². The van der Waals surface area contributed by atoms with Gasteiger partial charge in [0, 0.05) is 16.1 Å². The molecule has 0 saturated carbocycles. The highest BCUT2D eigenvalue weighted by molar-refractivity contribution is 9.11. The average Bonchev–Trinajstić information content (AvgIpc) is 2.72. The summed E-state index contributed by atoms with van der Waals surface area (Å²) >= 11 is 13.1. The number of halogens is 3. The first kappa shape index (κ1) is 12.1. The van der Waals surface area contributed by atoms with E-state index < -0.39 is 0 Å². The fourth-order valence-corrected chi connectivity index (χ4v) is 2.77. The number of hydrogen-bond donors (Lipinski definition) is 0. The van der Waals surface area contributed by atoms with Crippen molar-refractivity contribution >= 4 is 49.1 Å². The fourth-order valence-electron chi connectivity index (χ4n) is 1.71. The van der Waals surface area contributed by atoms with Gasteiger partial charge in [0.1, 0.15) is 5.15 Å². The van der Waals surface area contributed by atoms with Crippen LogP contribution >= 0.6 is 43.5 Å². The normalized spacial score (nSPS) is 11.1. The Morgan fingerprint density at radius 1 is 1.11 bits per heavy atom. The second-order valence-electron chi connectivity index (χ2n) is 3.67. The van der Waals surface area contributed by atoms with E-state index in [1.54, 1.807) is 16.8 Å². The van der Waals surface area contributed by atoms with Crippen LogP contribution in [-0.2, 0) is 0 Å². The summed E-state index contributed by atoms with van der Waals surface area (Å²) in [5, 5.41) is 4.66. The molecule has 18 heavy (non-hydrogen) atoms. The summed E-state index contributed by atoms with van der Waals surface area (Å²) in [5.74, 6) is 0. The van der Waals surface area contributed by atoms with Crippen LogP contribution in [0.5, 0.6) is 0 Å². The van der Waals surface area contributed by atoms with Gasteiger partial charge in [0.2, 0.25) is 0 Å². The van der Waals surface area contributed by atoms with E-state index in [1.807, 2.05) is 24.3 Å². The molecular weight excluding hydrogens is 381 g/mol. The molecule has 0 unspecified atom stereocenters. The Labute approximate surface area is 125 Å². The number of fused-ring (bicyclic) bond motifs is 1. The van der Waals surface area contributed by atoms with Gasteiger partial charge in [0.05, 0.1) is 16.4 Å². The molecule has 0 bridgehead atoms. The summed E-state index contributed by atoms with van der Waals surface area (Å²) in [6.07, 6.45) is 1.68. The molecule has 0 fully saturated rings. The van der Waals surface area contributed by atoms with Crippen molar-refractivity contribution in [2.75, 3.05) is 0 Å². The van der Waals surface area contributed by atoms with Crippen LogP contribution < -0.4 is 0 Å². The molecule has 0 aliphatic rings. The standard InChI is InChI=1S/C12H6Br2ClN3/c13-8-4-2-1-3-7(8)10-5-11(15)18-12(17-10)9(14)6-16-18/h1-6H. The SMILES string of the molecule is Clc1cc(-c2ccccc2Br)nc2c(Br)cnn12. The third-order valence-electron chi connectivity index (χ3n) is 2.54. The van der Waals surface area contributed by atoms with E-state index in [9.17, 15) is 0 Å². The molecular formula is C12H6Br2ClN3. The van der Waals surface area contributed by atoms with Crippen molar-refractivity contribution in [3.63, 3.8) is 0 Å². The van der Waals surface area contributed by atoms with E-state index in [-0.39, 0.29) is 0 Å². The molecule has 3 nitrogen and oxygen atoms in total. The zero-order valence-corrected chi connectivity index (χ0v) is 12.9. The Kier molecular flexibility index (Phi) is 3.13. The Bertz CT molecular complexity index is 739. The van der Waals surface area contributed by atoms with E-state index >= 15 is 0 Å². The molecule has 0 spiro atoms. The van der Waals surface area contributed by atoms with Crippen LogP contribution in [0.2, 0.25) is 5.15 Å². The van der Waals surface area contributed by atoms with Crippen molar-refractivity contribution in [1.29, 1.82) is 0 Å². The maximum Gasteiger partial charge on any atom is 0.171 e. The van der Waals surface area contributed by atoms with E-state index in [4.69, 9.17) is 11.6 Å². The third-order valence-corrected chi connectivity index (χ3v) is 4.06. The lowest BCUT2D eigenvalue weighted by atomic mass is 10.1. The maximum absolute atomic E-state index is 6.20. The summed E-state index contributed by atoms with van der Waals surface area (Å²) in [6, 6.07) is 9.69. The quantitative estimate of drug-likeness (QED) is 0.573. The molecule has 90 valence electrons. The number of rotatable bonds is 1. The lowest BCUT2D eigenvalue weighted by molar-refractivity contribution is 0.941. The highest BCUT2D eigenvalue weighted by atomic mass is 79.9. The van der Waals surface area contributed by atoms with Crippen molar-refractivity contribution < 1.29 is 0 Å². The Hall–Kier alpha value is -0.910. The topological polar surface area (TPSA) is 30.2 Å². The van der Waals surface area contributed by atoms with Gasteiger partial charge in [-0.05, 0) is 22.0 Å². The maximum atomic E-state index is 6.20. The van der Waals surface area contributed by atoms with Gasteiger partial charge >= 0.3 is 0 Å². The Balaban J connectivity index is 2.31. The van der Waals surface area contributed by atoms with Crippen molar-refractivity contribution in [1.82, 2.24) is 14.6 Å². The van der Waals surface area contributed by atoms with Crippen LogP contribution in [-0.4, -0.2) is 14.6 Å². The lowest BCUT2D eigenvalue weighted by Gasteiger charge is -2.05. The number of aromatic nitrogens is 3. The molecule has 0 amide bonds. The minimum absolute atomic E-state index is 0.524. The van der Waals surface area contributed by atoms with Gasteiger partial charge in [0.15, 0.2) is 5.65 Å². The molecule has 0 aliphatic carbocycles. The minimum Gasteiger partial charge on any atom is -0.227 e. The molecule has 6 heteroatoms. The molecule has 0 N–H and O–H groups in total. The van der Waals surface area contributed by atoms with Gasteiger partial charge in [0.25, 0.3) is 0 Å². The molecule has 3 aromatic rings. The van der Waals surface area contributed by atoms with Crippen molar-refractivity contribution in [2.24, 2.45) is 0 Å². The van der Waals surface area contributed by atoms with Gasteiger partial charge < -0.3 is 0 Å². The predicted molar refractivity (Wildman–Crippen MR) is 78.8 cm³/mol. The monoisotopic (exact) mass is 385 g/mol. The first-order chi connectivity index (χ1) is 8.66. The Morgan fingerprint density at radius 3 is 2.67 bits per heavy atom. The largest absolute Gasteiger partial charge is 0.227 e. The summed E-state index contributed by atoms with van der Waals surface area (Å²) < 4.78 is 3.39. The average molecular weight is 387 g/mol. The van der Waals surface area contributed by atoms with E-state index in [1.165, 1.54) is 0 Å². The summed E-state index contributed by atoms with van der Waals surface area (Å²) in [5.41, 5.74) is 2.50. The van der Waals surface area contributed by atoms with Gasteiger partial charge in [-0.2, -0.15) is 5.10 Å². The molecule has 0 aliphatic heterocycles. The number of benzene rings is 1. The highest BCUT2D eigenvalue weighted by Crippen LogP contribution is 2.30. The summed E-state index contributed by atoms with van der Waals surface area (Å²) in [7, 11) is 0. The molecule has 0 saturated heterocycles. The van der Waals surface area contributed by atoms with Crippen molar-refractivity contribution in [3.8, 4) is 11.3 Å². The van der Waals surface area contributed by atoms with Crippen LogP contribution in [0.25, 0.3) is 16.9 Å². The zero-order chi connectivity index (χ0) is 12.7. The third kappa shape index (κ3) is 1.96. The summed E-state index contributed by atoms with van der Waals surface area (Å²) in [6.45, 7) is 0. The Morgan fingerprint density at radius 2 is 1.89 bits per heavy atom. The van der Waals surface area contributed by atoms with E-state index in [2.05, 4.69) is 41.9 Å². The smallest absolute Gasteiger partial charge is 0.171 e. The predicted octanol–water partition coefficient (Wildman–Crippen LogP) is 4.57. The first-order valence-electron chi connectivity index (χ1n) is 5.11. The number of hydrogen-bond acceptors (Lipinski definition) is 2. The van der Waals surface area contributed by atoms with Crippen LogP contribution in [0, 0.1) is 0 Å². The second kappa shape index (κ2) is 4.64. The number of nitrogens with zero attached hydrogens (tertiary/aromatic N) is 3. The van der Waals surface area contributed by atoms with Crippen LogP contribution in [0.3, 0.4) is 0 Å². The molecule has 0 atom stereocenters. The second-order valence-corrected chi connectivity index (χ2v) is 5.77. The molecule has 1 aromatic carbocycles. The molecule has 0 radical (unpaired) electrons. The zero-order valence-electron chi connectivity index (χ0n) is 8.94. The van der Waals surface area contributed by atoms with Crippen molar-refractivity contribution in [3.05, 3.63) is 50.6 Å². The minimum atomic E-state index is 0.524. The van der Waals surface area contributed by atoms with Crippen LogP contribution in [0.15, 0.2) is 45.5 Å². The molecule has 2 heterocycles. The van der Waals surface area contributed by atoms with Crippen molar-refractivity contribution in [2.45, 2.75) is 0 Å². The fraction of sp³-hybridized carbons (Fsp3) is 0. The molecule has 2 aromatic heterocycles. The highest BCUT2D eigenvalue weighted by Gasteiger charge is 2.11. The molecule has 3 rings (SSSR count). The van der Waals surface area contributed by atoms with Crippen LogP contribution in [0.4, 0.5) is 0 Å². The lowest BCUT2D eigenvalue weighted by Crippen LogP contribution is -1.95. The van der Waals surface area contributed by atoms with Gasteiger partial charge in [-0.3, -0.25) is 0 Å².